The Labute approximate surface area is 136 Å². The highest BCUT2D eigenvalue weighted by atomic mass is 19.4. The summed E-state index contributed by atoms with van der Waals surface area (Å²) in [6, 6.07) is 19.8. The molecule has 0 bridgehead atoms. The Kier molecular flexibility index (Phi) is 4.16. The first-order valence-electron chi connectivity index (χ1n) is 7.17. The van der Waals surface area contributed by atoms with Crippen molar-refractivity contribution in [3.8, 4) is 28.4 Å². The van der Waals surface area contributed by atoms with Crippen molar-refractivity contribution in [3.05, 3.63) is 78.4 Å². The molecule has 5 heteroatoms. The highest BCUT2D eigenvalue weighted by Gasteiger charge is 2.34. The van der Waals surface area contributed by atoms with Crippen LogP contribution in [0.25, 0.3) is 11.1 Å². The van der Waals surface area contributed by atoms with Crippen molar-refractivity contribution in [2.75, 3.05) is 0 Å². The second-order valence-electron chi connectivity index (χ2n) is 5.17. The normalized spacial score (nSPS) is 11.3. The molecule has 0 unspecified atom stereocenters. The van der Waals surface area contributed by atoms with Gasteiger partial charge in [-0.3, -0.25) is 0 Å². The van der Waals surface area contributed by atoms with Gasteiger partial charge in [-0.2, -0.15) is 13.2 Å². The van der Waals surface area contributed by atoms with E-state index in [1.807, 2.05) is 42.5 Å². The van der Waals surface area contributed by atoms with Gasteiger partial charge in [-0.25, -0.2) is 0 Å². The number of ether oxygens (including phenoxy) is 1. The summed E-state index contributed by atoms with van der Waals surface area (Å²) in [5.41, 5.74) is 0.888. The molecular weight excluding hydrogens is 317 g/mol. The van der Waals surface area contributed by atoms with Crippen LogP contribution in [-0.4, -0.2) is 5.11 Å². The van der Waals surface area contributed by atoms with E-state index in [0.29, 0.717) is 5.75 Å². The number of phenols is 1. The highest BCUT2D eigenvalue weighted by Crippen LogP contribution is 2.38. The van der Waals surface area contributed by atoms with Gasteiger partial charge in [0, 0.05) is 0 Å². The van der Waals surface area contributed by atoms with Gasteiger partial charge < -0.3 is 9.84 Å². The van der Waals surface area contributed by atoms with E-state index in [2.05, 4.69) is 0 Å². The van der Waals surface area contributed by atoms with E-state index >= 15 is 0 Å². The van der Waals surface area contributed by atoms with Gasteiger partial charge in [0.1, 0.15) is 22.8 Å². The maximum absolute atomic E-state index is 12.8. The maximum Gasteiger partial charge on any atom is 0.420 e. The zero-order chi connectivity index (χ0) is 17.2. The fourth-order valence-corrected chi connectivity index (χ4v) is 2.29. The molecule has 0 heterocycles. The van der Waals surface area contributed by atoms with Crippen LogP contribution < -0.4 is 4.74 Å². The molecule has 3 rings (SSSR count). The first-order valence-corrected chi connectivity index (χ1v) is 7.17. The number of alkyl halides is 3. The van der Waals surface area contributed by atoms with Crippen molar-refractivity contribution in [1.29, 1.82) is 0 Å². The number of hydrogen-bond acceptors (Lipinski definition) is 2. The van der Waals surface area contributed by atoms with E-state index in [1.54, 1.807) is 12.1 Å². The summed E-state index contributed by atoms with van der Waals surface area (Å²) in [5, 5.41) is 9.32. The SMILES string of the molecule is Oc1ccc(Oc2ccc(-c3ccccc3)cc2)cc1C(F)(F)F. The Morgan fingerprint density at radius 2 is 1.29 bits per heavy atom. The van der Waals surface area contributed by atoms with E-state index in [4.69, 9.17) is 4.74 Å². The van der Waals surface area contributed by atoms with Gasteiger partial charge >= 0.3 is 6.18 Å². The van der Waals surface area contributed by atoms with Crippen LogP contribution in [0.2, 0.25) is 0 Å². The summed E-state index contributed by atoms with van der Waals surface area (Å²) in [5.74, 6) is -0.407. The Bertz CT molecular complexity index is 825. The number of aromatic hydroxyl groups is 1. The average molecular weight is 330 g/mol. The smallest absolute Gasteiger partial charge is 0.420 e. The van der Waals surface area contributed by atoms with Gasteiger partial charge in [0.2, 0.25) is 0 Å². The predicted octanol–water partition coefficient (Wildman–Crippen LogP) is 5.87. The third kappa shape index (κ3) is 3.51. The summed E-state index contributed by atoms with van der Waals surface area (Å²) >= 11 is 0. The van der Waals surface area contributed by atoms with Crippen molar-refractivity contribution >= 4 is 0 Å². The summed E-state index contributed by atoms with van der Waals surface area (Å²) < 4.78 is 43.8. The number of hydrogen-bond donors (Lipinski definition) is 1. The Hall–Kier alpha value is -2.95. The van der Waals surface area contributed by atoms with Crippen molar-refractivity contribution in [2.45, 2.75) is 6.18 Å². The van der Waals surface area contributed by atoms with Crippen LogP contribution in [0.15, 0.2) is 72.8 Å². The highest BCUT2D eigenvalue weighted by molar-refractivity contribution is 5.64. The molecule has 0 spiro atoms. The molecule has 2 nitrogen and oxygen atoms in total. The van der Waals surface area contributed by atoms with E-state index < -0.39 is 17.5 Å². The van der Waals surface area contributed by atoms with Crippen LogP contribution in [0.5, 0.6) is 17.2 Å². The van der Waals surface area contributed by atoms with Crippen molar-refractivity contribution in [1.82, 2.24) is 0 Å². The molecule has 0 saturated heterocycles. The van der Waals surface area contributed by atoms with Crippen LogP contribution in [0.3, 0.4) is 0 Å². The standard InChI is InChI=1S/C19H13F3O2/c20-19(21,22)17-12-16(10-11-18(17)23)24-15-8-6-14(7-9-15)13-4-2-1-3-5-13/h1-12,23H. The third-order valence-corrected chi connectivity index (χ3v) is 3.47. The first-order chi connectivity index (χ1) is 11.4. The minimum Gasteiger partial charge on any atom is -0.507 e. The van der Waals surface area contributed by atoms with Crippen LogP contribution in [-0.2, 0) is 6.18 Å². The monoisotopic (exact) mass is 330 g/mol. The molecule has 122 valence electrons. The van der Waals surface area contributed by atoms with Gasteiger partial charge in [0.05, 0.1) is 0 Å². The van der Waals surface area contributed by atoms with Gasteiger partial charge in [-0.15, -0.1) is 0 Å². The Balaban J connectivity index is 1.82. The molecule has 0 saturated carbocycles. The molecule has 3 aromatic rings. The van der Waals surface area contributed by atoms with Gasteiger partial charge in [0.25, 0.3) is 0 Å². The largest absolute Gasteiger partial charge is 0.507 e. The molecule has 0 aliphatic rings. The van der Waals surface area contributed by atoms with Crippen LogP contribution in [0.1, 0.15) is 5.56 Å². The summed E-state index contributed by atoms with van der Waals surface area (Å²) in [4.78, 5) is 0. The second-order valence-corrected chi connectivity index (χ2v) is 5.17. The van der Waals surface area contributed by atoms with Gasteiger partial charge in [-0.05, 0) is 41.5 Å². The lowest BCUT2D eigenvalue weighted by Crippen LogP contribution is -2.05. The maximum atomic E-state index is 12.8. The topological polar surface area (TPSA) is 29.5 Å². The quantitative estimate of drug-likeness (QED) is 0.651. The number of halogens is 3. The van der Waals surface area contributed by atoms with Crippen LogP contribution in [0.4, 0.5) is 13.2 Å². The lowest BCUT2D eigenvalue weighted by atomic mass is 10.1. The zero-order valence-corrected chi connectivity index (χ0v) is 12.4. The minimum absolute atomic E-state index is 0.00702. The van der Waals surface area contributed by atoms with Crippen molar-refractivity contribution in [2.24, 2.45) is 0 Å². The number of phenolic OH excluding ortho intramolecular Hbond substituents is 1. The molecule has 0 aromatic heterocycles. The van der Waals surface area contributed by atoms with Crippen LogP contribution in [0, 0.1) is 0 Å². The molecule has 0 fully saturated rings. The number of rotatable bonds is 3. The molecule has 24 heavy (non-hydrogen) atoms. The lowest BCUT2D eigenvalue weighted by molar-refractivity contribution is -0.138. The predicted molar refractivity (Wildman–Crippen MR) is 85.1 cm³/mol. The zero-order valence-electron chi connectivity index (χ0n) is 12.4. The fourth-order valence-electron chi connectivity index (χ4n) is 2.29. The molecule has 3 aromatic carbocycles. The van der Waals surface area contributed by atoms with Gasteiger partial charge in [-0.1, -0.05) is 42.5 Å². The molecule has 0 amide bonds. The van der Waals surface area contributed by atoms with Crippen LogP contribution >= 0.6 is 0 Å². The second kappa shape index (κ2) is 6.28. The van der Waals surface area contributed by atoms with E-state index in [1.165, 1.54) is 6.07 Å². The fraction of sp³-hybridized carbons (Fsp3) is 0.0526. The Morgan fingerprint density at radius 3 is 1.92 bits per heavy atom. The molecule has 0 aliphatic heterocycles. The molecule has 0 radical (unpaired) electrons. The van der Waals surface area contributed by atoms with Crippen molar-refractivity contribution in [3.63, 3.8) is 0 Å². The first kappa shape index (κ1) is 15.9. The summed E-state index contributed by atoms with van der Waals surface area (Å²) in [7, 11) is 0. The summed E-state index contributed by atoms with van der Waals surface area (Å²) in [6.07, 6.45) is -4.64. The van der Waals surface area contributed by atoms with Crippen molar-refractivity contribution < 1.29 is 23.0 Å². The minimum atomic E-state index is -4.64. The lowest BCUT2D eigenvalue weighted by Gasteiger charge is -2.12. The molecular formula is C19H13F3O2. The average Bonchev–Trinajstić information content (AvgIpc) is 2.57. The van der Waals surface area contributed by atoms with E-state index in [0.717, 1.165) is 23.3 Å². The summed E-state index contributed by atoms with van der Waals surface area (Å²) in [6.45, 7) is 0. The van der Waals surface area contributed by atoms with E-state index in [9.17, 15) is 18.3 Å². The molecule has 0 atom stereocenters. The molecule has 0 aliphatic carbocycles. The third-order valence-electron chi connectivity index (χ3n) is 3.47. The van der Waals surface area contributed by atoms with E-state index in [-0.39, 0.29) is 5.75 Å². The Morgan fingerprint density at radius 1 is 0.708 bits per heavy atom. The van der Waals surface area contributed by atoms with Gasteiger partial charge in [0.15, 0.2) is 0 Å². The molecule has 1 N–H and O–H groups in total. The number of benzene rings is 3.